The number of carbonyl (C=O) groups excluding carboxylic acids is 1. The molecule has 2 aromatic rings. The van der Waals surface area contributed by atoms with Crippen LogP contribution in [0.15, 0.2) is 30.3 Å². The normalized spacial score (nSPS) is 16.2. The average molecular weight is 357 g/mol. The summed E-state index contributed by atoms with van der Waals surface area (Å²) in [4.78, 5) is 17.9. The number of nitrogens with zero attached hydrogens (tertiary/aromatic N) is 2. The van der Waals surface area contributed by atoms with Crippen molar-refractivity contribution < 1.29 is 18.0 Å². The Kier molecular flexibility index (Phi) is 4.42. The first kappa shape index (κ1) is 17.0. The molecule has 1 amide bonds. The molecule has 7 heteroatoms. The van der Waals surface area contributed by atoms with Gasteiger partial charge >= 0.3 is 6.18 Å². The molecule has 3 nitrogen and oxygen atoms in total. The minimum absolute atomic E-state index is 0.0862. The van der Waals surface area contributed by atoms with Crippen LogP contribution in [0.4, 0.5) is 13.2 Å². The number of rotatable bonds is 4. The number of aromatic nitrogens is 1. The van der Waals surface area contributed by atoms with Crippen LogP contribution < -0.4 is 0 Å². The van der Waals surface area contributed by atoms with Crippen molar-refractivity contribution >= 4 is 28.4 Å². The van der Waals surface area contributed by atoms with E-state index < -0.39 is 24.7 Å². The van der Waals surface area contributed by atoms with E-state index in [-0.39, 0.29) is 16.6 Å². The Balaban J connectivity index is 2.03. The molecule has 0 bridgehead atoms. The first-order chi connectivity index (χ1) is 11.3. The fraction of sp³-hybridized carbons (Fsp3) is 0.412. The lowest BCUT2D eigenvalue weighted by molar-refractivity contribution is -0.144. The van der Waals surface area contributed by atoms with E-state index in [4.69, 9.17) is 11.6 Å². The quantitative estimate of drug-likeness (QED) is 0.744. The van der Waals surface area contributed by atoms with E-state index in [0.29, 0.717) is 10.9 Å². The van der Waals surface area contributed by atoms with Gasteiger partial charge in [-0.2, -0.15) is 13.2 Å². The van der Waals surface area contributed by atoms with Crippen LogP contribution in [0.25, 0.3) is 10.9 Å². The Morgan fingerprint density at radius 3 is 2.67 bits per heavy atom. The highest BCUT2D eigenvalue weighted by molar-refractivity contribution is 6.30. The van der Waals surface area contributed by atoms with E-state index >= 15 is 0 Å². The molecule has 3 rings (SSSR count). The molecule has 128 valence electrons. The Morgan fingerprint density at radius 1 is 1.38 bits per heavy atom. The molecule has 0 aliphatic heterocycles. The molecular weight excluding hydrogens is 341 g/mol. The molecule has 1 aliphatic carbocycles. The smallest absolute Gasteiger partial charge is 0.327 e. The summed E-state index contributed by atoms with van der Waals surface area (Å²) in [7, 11) is 0. The van der Waals surface area contributed by atoms with Gasteiger partial charge in [-0.25, -0.2) is 4.98 Å². The molecule has 0 radical (unpaired) electrons. The van der Waals surface area contributed by atoms with Crippen LogP contribution in [0.2, 0.25) is 5.15 Å². The molecule has 1 heterocycles. The number of pyridine rings is 1. The Labute approximate surface area is 142 Å². The van der Waals surface area contributed by atoms with Crippen LogP contribution in [0.1, 0.15) is 30.1 Å². The Hall–Kier alpha value is -1.82. The molecule has 1 atom stereocenters. The number of para-hydroxylation sites is 1. The van der Waals surface area contributed by atoms with E-state index in [0.717, 1.165) is 17.7 Å². The predicted molar refractivity (Wildman–Crippen MR) is 86.0 cm³/mol. The maximum absolute atomic E-state index is 13.0. The number of carbonyl (C=O) groups is 1. The predicted octanol–water partition coefficient (Wildman–Crippen LogP) is 4.69. The van der Waals surface area contributed by atoms with E-state index in [1.807, 2.05) is 0 Å². The summed E-state index contributed by atoms with van der Waals surface area (Å²) in [5, 5.41) is 0.588. The molecular formula is C17H16ClF3N2O. The highest BCUT2D eigenvalue weighted by atomic mass is 35.5. The van der Waals surface area contributed by atoms with Crippen LogP contribution in [0, 0.1) is 5.92 Å². The molecule has 0 spiro atoms. The molecule has 0 saturated heterocycles. The summed E-state index contributed by atoms with van der Waals surface area (Å²) >= 11 is 5.96. The summed E-state index contributed by atoms with van der Waals surface area (Å²) in [5.41, 5.74) is 0.640. The minimum Gasteiger partial charge on any atom is -0.327 e. The van der Waals surface area contributed by atoms with Crippen LogP contribution >= 0.6 is 11.6 Å². The largest absolute Gasteiger partial charge is 0.406 e. The summed E-state index contributed by atoms with van der Waals surface area (Å²) in [6.07, 6.45) is -2.76. The summed E-state index contributed by atoms with van der Waals surface area (Å²) in [6.45, 7) is 0.407. The molecule has 1 saturated carbocycles. The number of hydrogen-bond acceptors (Lipinski definition) is 2. The summed E-state index contributed by atoms with van der Waals surface area (Å²) in [5.74, 6) is -0.535. The van der Waals surface area contributed by atoms with Gasteiger partial charge in [-0.1, -0.05) is 29.8 Å². The first-order valence-corrected chi connectivity index (χ1v) is 8.07. The molecule has 1 aromatic heterocycles. The van der Waals surface area contributed by atoms with Crippen molar-refractivity contribution in [3.63, 3.8) is 0 Å². The number of halogens is 4. The van der Waals surface area contributed by atoms with Crippen LogP contribution in [0.5, 0.6) is 0 Å². The standard InChI is InChI=1S/C17H16ClF3N2O/c1-10(11-6-7-11)23(9-17(19,20)21)16(24)13-8-15(18)22-14-5-3-2-4-12(13)14/h2-5,8,10-11H,6-7,9H2,1H3. The summed E-state index contributed by atoms with van der Waals surface area (Å²) in [6, 6.07) is 7.67. The van der Waals surface area contributed by atoms with Crippen molar-refractivity contribution in [3.05, 3.63) is 41.0 Å². The van der Waals surface area contributed by atoms with Crippen LogP contribution in [0.3, 0.4) is 0 Å². The number of benzene rings is 1. The first-order valence-electron chi connectivity index (χ1n) is 7.69. The fourth-order valence-electron chi connectivity index (χ4n) is 2.90. The van der Waals surface area contributed by atoms with E-state index in [1.165, 1.54) is 6.07 Å². The van der Waals surface area contributed by atoms with Crippen molar-refractivity contribution in [2.75, 3.05) is 6.54 Å². The van der Waals surface area contributed by atoms with Gasteiger partial charge in [0.05, 0.1) is 11.1 Å². The highest BCUT2D eigenvalue weighted by Gasteiger charge is 2.41. The van der Waals surface area contributed by atoms with E-state index in [9.17, 15) is 18.0 Å². The highest BCUT2D eigenvalue weighted by Crippen LogP contribution is 2.37. The minimum atomic E-state index is -4.45. The number of amides is 1. The molecule has 24 heavy (non-hydrogen) atoms. The van der Waals surface area contributed by atoms with Crippen molar-refractivity contribution in [1.82, 2.24) is 9.88 Å². The van der Waals surface area contributed by atoms with Crippen molar-refractivity contribution in [2.24, 2.45) is 5.92 Å². The van der Waals surface area contributed by atoms with Gasteiger partial charge in [0, 0.05) is 11.4 Å². The SMILES string of the molecule is CC(C1CC1)N(CC(F)(F)F)C(=O)c1cc(Cl)nc2ccccc12. The lowest BCUT2D eigenvalue weighted by Crippen LogP contribution is -2.45. The van der Waals surface area contributed by atoms with Crippen molar-refractivity contribution in [1.29, 1.82) is 0 Å². The van der Waals surface area contributed by atoms with Gasteiger partial charge in [-0.15, -0.1) is 0 Å². The second kappa shape index (κ2) is 6.24. The fourth-order valence-corrected chi connectivity index (χ4v) is 3.10. The monoisotopic (exact) mass is 356 g/mol. The van der Waals surface area contributed by atoms with Crippen LogP contribution in [-0.2, 0) is 0 Å². The molecule has 0 N–H and O–H groups in total. The maximum Gasteiger partial charge on any atom is 0.406 e. The molecule has 1 fully saturated rings. The third kappa shape index (κ3) is 3.64. The van der Waals surface area contributed by atoms with E-state index in [2.05, 4.69) is 4.98 Å². The van der Waals surface area contributed by atoms with Crippen molar-refractivity contribution in [2.45, 2.75) is 32.0 Å². The lowest BCUT2D eigenvalue weighted by atomic mass is 10.1. The van der Waals surface area contributed by atoms with Gasteiger partial charge in [0.25, 0.3) is 5.91 Å². The van der Waals surface area contributed by atoms with Gasteiger partial charge < -0.3 is 4.90 Å². The molecule has 1 unspecified atom stereocenters. The zero-order chi connectivity index (χ0) is 17.5. The summed E-state index contributed by atoms with van der Waals surface area (Å²) < 4.78 is 39.0. The molecule has 1 aromatic carbocycles. The Bertz CT molecular complexity index is 774. The van der Waals surface area contributed by atoms with E-state index in [1.54, 1.807) is 31.2 Å². The zero-order valence-corrected chi connectivity index (χ0v) is 13.7. The van der Waals surface area contributed by atoms with Gasteiger partial charge in [-0.3, -0.25) is 4.79 Å². The third-order valence-electron chi connectivity index (χ3n) is 4.32. The second-order valence-electron chi connectivity index (χ2n) is 6.14. The maximum atomic E-state index is 13.0. The number of alkyl halides is 3. The third-order valence-corrected chi connectivity index (χ3v) is 4.52. The second-order valence-corrected chi connectivity index (χ2v) is 6.52. The number of fused-ring (bicyclic) bond motifs is 1. The van der Waals surface area contributed by atoms with Gasteiger partial charge in [0.15, 0.2) is 0 Å². The lowest BCUT2D eigenvalue weighted by Gasteiger charge is -2.30. The average Bonchev–Trinajstić information content (AvgIpc) is 3.34. The number of hydrogen-bond donors (Lipinski definition) is 0. The Morgan fingerprint density at radius 2 is 2.04 bits per heavy atom. The zero-order valence-electron chi connectivity index (χ0n) is 13.0. The van der Waals surface area contributed by atoms with Crippen molar-refractivity contribution in [3.8, 4) is 0 Å². The van der Waals surface area contributed by atoms with Gasteiger partial charge in [-0.05, 0) is 37.8 Å². The van der Waals surface area contributed by atoms with Crippen LogP contribution in [-0.4, -0.2) is 34.6 Å². The topological polar surface area (TPSA) is 33.2 Å². The molecule has 1 aliphatic rings. The van der Waals surface area contributed by atoms with Gasteiger partial charge in [0.1, 0.15) is 11.7 Å². The van der Waals surface area contributed by atoms with Gasteiger partial charge in [0.2, 0.25) is 0 Å².